The summed E-state index contributed by atoms with van der Waals surface area (Å²) in [4.78, 5) is 13.0. The van der Waals surface area contributed by atoms with Gasteiger partial charge in [0.25, 0.3) is 5.91 Å². The van der Waals surface area contributed by atoms with Crippen LogP contribution in [0.3, 0.4) is 0 Å². The Hall–Kier alpha value is -2.21. The van der Waals surface area contributed by atoms with E-state index in [2.05, 4.69) is 0 Å². The number of amides is 1. The highest BCUT2D eigenvalue weighted by molar-refractivity contribution is 5.87. The molecule has 0 N–H and O–H groups in total. The first-order valence-corrected chi connectivity index (χ1v) is 7.63. The van der Waals surface area contributed by atoms with Gasteiger partial charge in [-0.1, -0.05) is 6.07 Å². The third-order valence-corrected chi connectivity index (χ3v) is 4.18. The predicted octanol–water partition coefficient (Wildman–Crippen LogP) is 4.19. The summed E-state index contributed by atoms with van der Waals surface area (Å²) < 4.78 is 128. The molecule has 0 bridgehead atoms. The molecule has 158 valence electrons. The molecule has 1 aromatic rings. The molecule has 0 atom stereocenters. The van der Waals surface area contributed by atoms with Crippen LogP contribution in [-0.4, -0.2) is 55.0 Å². The molecule has 0 spiro atoms. The SMILES string of the molecule is O=C(N1CCN(c2cccc(C(F)(F)F)c2)CC1)C(F)(C(F)(F)F)C(F)(F)F. The molecule has 1 heterocycles. The van der Waals surface area contributed by atoms with Gasteiger partial charge < -0.3 is 9.80 Å². The van der Waals surface area contributed by atoms with E-state index in [1.165, 1.54) is 11.0 Å². The van der Waals surface area contributed by atoms with E-state index in [0.29, 0.717) is 0 Å². The van der Waals surface area contributed by atoms with E-state index < -0.39 is 48.8 Å². The Morgan fingerprint density at radius 2 is 1.29 bits per heavy atom. The average Bonchev–Trinajstić information content (AvgIpc) is 2.58. The van der Waals surface area contributed by atoms with Crippen LogP contribution >= 0.6 is 0 Å². The molecule has 1 amide bonds. The fourth-order valence-electron chi connectivity index (χ4n) is 2.67. The minimum absolute atomic E-state index is 0.0140. The summed E-state index contributed by atoms with van der Waals surface area (Å²) in [6.45, 7) is -2.21. The van der Waals surface area contributed by atoms with Gasteiger partial charge in [0.15, 0.2) is 0 Å². The Balaban J connectivity index is 2.17. The van der Waals surface area contributed by atoms with Crippen molar-refractivity contribution in [2.24, 2.45) is 0 Å². The molecule has 0 aromatic heterocycles. The van der Waals surface area contributed by atoms with E-state index in [1.807, 2.05) is 0 Å². The fraction of sp³-hybridized carbons (Fsp3) is 0.533. The van der Waals surface area contributed by atoms with Crippen LogP contribution in [0.1, 0.15) is 5.56 Å². The topological polar surface area (TPSA) is 23.6 Å². The van der Waals surface area contributed by atoms with Crippen LogP contribution in [0.2, 0.25) is 0 Å². The second kappa shape index (κ2) is 6.99. The Kier molecular flexibility index (Phi) is 5.52. The highest BCUT2D eigenvalue weighted by atomic mass is 19.4. The summed E-state index contributed by atoms with van der Waals surface area (Å²) in [5.74, 6) is -2.80. The molecule has 0 saturated carbocycles. The Morgan fingerprint density at radius 1 is 0.786 bits per heavy atom. The first-order valence-electron chi connectivity index (χ1n) is 7.63. The monoisotopic (exact) mass is 426 g/mol. The minimum Gasteiger partial charge on any atom is -0.368 e. The van der Waals surface area contributed by atoms with Crippen molar-refractivity contribution in [1.29, 1.82) is 0 Å². The number of halogens is 10. The van der Waals surface area contributed by atoms with Crippen molar-refractivity contribution in [2.45, 2.75) is 24.2 Å². The van der Waals surface area contributed by atoms with Crippen LogP contribution in [0.15, 0.2) is 24.3 Å². The number of rotatable bonds is 2. The van der Waals surface area contributed by atoms with E-state index in [0.717, 1.165) is 18.2 Å². The lowest BCUT2D eigenvalue weighted by atomic mass is 10.0. The first-order chi connectivity index (χ1) is 12.6. The van der Waals surface area contributed by atoms with E-state index in [9.17, 15) is 48.7 Å². The molecule has 0 unspecified atom stereocenters. The second-order valence-electron chi connectivity index (χ2n) is 5.98. The van der Waals surface area contributed by atoms with Crippen molar-refractivity contribution < 1.29 is 48.7 Å². The van der Waals surface area contributed by atoms with Gasteiger partial charge in [-0.05, 0) is 18.2 Å². The number of carbonyl (C=O) groups excluding carboxylic acids is 1. The van der Waals surface area contributed by atoms with Crippen molar-refractivity contribution in [3.63, 3.8) is 0 Å². The van der Waals surface area contributed by atoms with Crippen molar-refractivity contribution >= 4 is 11.6 Å². The van der Waals surface area contributed by atoms with Crippen molar-refractivity contribution in [2.75, 3.05) is 31.1 Å². The Bertz CT molecular complexity index is 703. The smallest absolute Gasteiger partial charge is 0.368 e. The highest BCUT2D eigenvalue weighted by Gasteiger charge is 2.78. The fourth-order valence-corrected chi connectivity index (χ4v) is 2.67. The van der Waals surface area contributed by atoms with Crippen molar-refractivity contribution in [3.05, 3.63) is 29.8 Å². The lowest BCUT2D eigenvalue weighted by molar-refractivity contribution is -0.329. The van der Waals surface area contributed by atoms with E-state index in [4.69, 9.17) is 0 Å². The Morgan fingerprint density at radius 3 is 1.71 bits per heavy atom. The van der Waals surface area contributed by atoms with Gasteiger partial charge in [0.2, 0.25) is 0 Å². The lowest BCUT2D eigenvalue weighted by Gasteiger charge is -2.39. The van der Waals surface area contributed by atoms with Crippen molar-refractivity contribution in [3.8, 4) is 0 Å². The minimum atomic E-state index is -6.51. The molecule has 0 aliphatic carbocycles. The third-order valence-electron chi connectivity index (χ3n) is 4.18. The van der Waals surface area contributed by atoms with Crippen LogP contribution in [-0.2, 0) is 11.0 Å². The molecule has 3 nitrogen and oxygen atoms in total. The van der Waals surface area contributed by atoms with E-state index in [-0.39, 0.29) is 23.7 Å². The standard InChI is InChI=1S/C15H12F10N2O/c16-12(14(20,21)22,15(23,24)25)11(28)27-6-4-26(5-7-27)10-3-1-2-9(8-10)13(17,18)19/h1-3,8H,4-7H2. The van der Waals surface area contributed by atoms with Crippen LogP contribution < -0.4 is 4.90 Å². The van der Waals surface area contributed by atoms with Gasteiger partial charge in [0, 0.05) is 31.9 Å². The molecule has 2 rings (SSSR count). The number of anilines is 1. The summed E-state index contributed by atoms with van der Waals surface area (Å²) in [5, 5.41) is 0. The summed E-state index contributed by atoms with van der Waals surface area (Å²) in [5.41, 5.74) is -7.04. The number of hydrogen-bond donors (Lipinski definition) is 0. The number of hydrogen-bond acceptors (Lipinski definition) is 2. The third kappa shape index (κ3) is 3.97. The maximum atomic E-state index is 13.8. The lowest BCUT2D eigenvalue weighted by Crippen LogP contribution is -2.65. The normalized spacial score (nSPS) is 17.1. The van der Waals surface area contributed by atoms with Gasteiger partial charge in [0.05, 0.1) is 5.56 Å². The first kappa shape index (κ1) is 22.1. The van der Waals surface area contributed by atoms with Gasteiger partial charge >= 0.3 is 24.2 Å². The van der Waals surface area contributed by atoms with Gasteiger partial charge in [-0.25, -0.2) is 4.39 Å². The summed E-state index contributed by atoms with van der Waals surface area (Å²) in [6.07, 6.45) is -17.7. The van der Waals surface area contributed by atoms with E-state index >= 15 is 0 Å². The summed E-state index contributed by atoms with van der Waals surface area (Å²) in [7, 11) is 0. The van der Waals surface area contributed by atoms with Crippen LogP contribution in [0.25, 0.3) is 0 Å². The molecule has 13 heteroatoms. The molecular formula is C15H12F10N2O. The summed E-state index contributed by atoms with van der Waals surface area (Å²) >= 11 is 0. The molecule has 1 saturated heterocycles. The molecule has 1 aliphatic heterocycles. The van der Waals surface area contributed by atoms with Crippen LogP contribution in [0, 0.1) is 0 Å². The van der Waals surface area contributed by atoms with Crippen LogP contribution in [0.5, 0.6) is 0 Å². The zero-order valence-corrected chi connectivity index (χ0v) is 13.7. The van der Waals surface area contributed by atoms with Gasteiger partial charge in [-0.2, -0.15) is 39.5 Å². The Labute approximate surface area is 151 Å². The highest BCUT2D eigenvalue weighted by Crippen LogP contribution is 2.47. The van der Waals surface area contributed by atoms with Crippen molar-refractivity contribution in [1.82, 2.24) is 4.90 Å². The second-order valence-corrected chi connectivity index (χ2v) is 5.98. The molecule has 1 aromatic carbocycles. The van der Waals surface area contributed by atoms with Gasteiger partial charge in [0.1, 0.15) is 0 Å². The maximum Gasteiger partial charge on any atom is 0.441 e. The van der Waals surface area contributed by atoms with E-state index in [1.54, 1.807) is 0 Å². The number of benzene rings is 1. The molecule has 0 radical (unpaired) electrons. The quantitative estimate of drug-likeness (QED) is 0.663. The molecule has 28 heavy (non-hydrogen) atoms. The number of carbonyl (C=O) groups is 1. The molecular weight excluding hydrogens is 414 g/mol. The van der Waals surface area contributed by atoms with Gasteiger partial charge in [-0.15, -0.1) is 0 Å². The number of piperazine rings is 1. The molecule has 1 aliphatic rings. The van der Waals surface area contributed by atoms with Gasteiger partial charge in [-0.3, -0.25) is 4.79 Å². The largest absolute Gasteiger partial charge is 0.441 e. The zero-order chi connectivity index (χ0) is 21.5. The average molecular weight is 426 g/mol. The predicted molar refractivity (Wildman–Crippen MR) is 76.2 cm³/mol. The maximum absolute atomic E-state index is 13.8. The number of nitrogens with zero attached hydrogens (tertiary/aromatic N) is 2. The number of alkyl halides is 10. The zero-order valence-electron chi connectivity index (χ0n) is 13.7. The summed E-state index contributed by atoms with van der Waals surface area (Å²) in [6, 6.07) is 3.88. The van der Waals surface area contributed by atoms with Crippen LogP contribution in [0.4, 0.5) is 49.6 Å². The molecule has 1 fully saturated rings.